The summed E-state index contributed by atoms with van der Waals surface area (Å²) in [5.74, 6) is 1.47. The summed E-state index contributed by atoms with van der Waals surface area (Å²) in [5.41, 5.74) is 4.97. The number of benzene rings is 3. The Labute approximate surface area is 233 Å². The molecule has 3 aromatic carbocycles. The lowest BCUT2D eigenvalue weighted by atomic mass is 9.96. The zero-order chi connectivity index (χ0) is 28.4. The Hall–Kier alpha value is -3.55. The van der Waals surface area contributed by atoms with Gasteiger partial charge in [0.15, 0.2) is 0 Å². The molecule has 0 heterocycles. The molecule has 39 heavy (non-hydrogen) atoms. The summed E-state index contributed by atoms with van der Waals surface area (Å²) in [6, 6.07) is 17.4. The van der Waals surface area contributed by atoms with Gasteiger partial charge in [0, 0.05) is 5.56 Å². The number of anilines is 1. The number of ether oxygens (including phenoxy) is 2. The van der Waals surface area contributed by atoms with E-state index in [4.69, 9.17) is 18.7 Å². The summed E-state index contributed by atoms with van der Waals surface area (Å²) >= 11 is 0. The lowest BCUT2D eigenvalue weighted by Crippen LogP contribution is -2.43. The highest BCUT2D eigenvalue weighted by molar-refractivity contribution is 6.74. The van der Waals surface area contributed by atoms with Crippen molar-refractivity contribution in [2.24, 2.45) is 0 Å². The monoisotopic (exact) mass is 545 g/mol. The van der Waals surface area contributed by atoms with Gasteiger partial charge in [0.2, 0.25) is 8.32 Å². The Balaban J connectivity index is 1.72. The third-order valence-corrected chi connectivity index (χ3v) is 12.0. The SMILES string of the molecule is COc1cc(C(=O)N(OC)c2ccc3c(c2)CCC=C3)c(OC)c(-c2ccc(O[Si](C)(C)C(C)(C)C)cc2)c1. The van der Waals surface area contributed by atoms with Gasteiger partial charge in [-0.2, -0.15) is 5.06 Å². The molecule has 7 heteroatoms. The van der Waals surface area contributed by atoms with E-state index in [9.17, 15) is 4.79 Å². The van der Waals surface area contributed by atoms with Crippen LogP contribution in [0.25, 0.3) is 17.2 Å². The second-order valence-corrected chi connectivity index (χ2v) is 16.0. The molecule has 0 spiro atoms. The number of methoxy groups -OCH3 is 2. The Morgan fingerprint density at radius 3 is 2.23 bits per heavy atom. The predicted octanol–water partition coefficient (Wildman–Crippen LogP) is 7.92. The fraction of sp³-hybridized carbons (Fsp3) is 0.344. The van der Waals surface area contributed by atoms with Gasteiger partial charge in [-0.3, -0.25) is 9.63 Å². The van der Waals surface area contributed by atoms with Crippen molar-refractivity contribution in [2.45, 2.75) is 51.7 Å². The van der Waals surface area contributed by atoms with Crippen molar-refractivity contribution >= 4 is 26.0 Å². The summed E-state index contributed by atoms with van der Waals surface area (Å²) in [7, 11) is 2.68. The maximum atomic E-state index is 13.9. The smallest absolute Gasteiger partial charge is 0.286 e. The first-order chi connectivity index (χ1) is 18.5. The van der Waals surface area contributed by atoms with Crippen molar-refractivity contribution in [3.63, 3.8) is 0 Å². The fourth-order valence-electron chi connectivity index (χ4n) is 4.43. The minimum Gasteiger partial charge on any atom is -0.544 e. The summed E-state index contributed by atoms with van der Waals surface area (Å²) < 4.78 is 17.9. The Bertz CT molecular complexity index is 1370. The number of carbonyl (C=O) groups is 1. The average molecular weight is 546 g/mol. The first-order valence-electron chi connectivity index (χ1n) is 13.2. The maximum Gasteiger partial charge on any atom is 0.286 e. The molecule has 0 saturated heterocycles. The topological polar surface area (TPSA) is 57.2 Å². The molecule has 206 valence electrons. The van der Waals surface area contributed by atoms with Crippen molar-refractivity contribution in [2.75, 3.05) is 26.4 Å². The van der Waals surface area contributed by atoms with Crippen molar-refractivity contribution in [3.05, 3.63) is 77.4 Å². The molecule has 0 saturated carbocycles. The lowest BCUT2D eigenvalue weighted by molar-refractivity contribution is 0.0770. The lowest BCUT2D eigenvalue weighted by Gasteiger charge is -2.36. The minimum atomic E-state index is -1.97. The molecule has 0 aliphatic heterocycles. The molecule has 3 aromatic rings. The van der Waals surface area contributed by atoms with E-state index in [1.54, 1.807) is 20.3 Å². The van der Waals surface area contributed by atoms with Crippen LogP contribution in [0.5, 0.6) is 17.2 Å². The van der Waals surface area contributed by atoms with Gasteiger partial charge in [-0.25, -0.2) is 0 Å². The van der Waals surface area contributed by atoms with Gasteiger partial charge in [-0.15, -0.1) is 0 Å². The number of nitrogens with zero attached hydrogens (tertiary/aromatic N) is 1. The maximum absolute atomic E-state index is 13.9. The molecular formula is C32H39NO5Si. The highest BCUT2D eigenvalue weighted by atomic mass is 28.4. The highest BCUT2D eigenvalue weighted by Gasteiger charge is 2.39. The number of amides is 1. The van der Waals surface area contributed by atoms with E-state index in [1.165, 1.54) is 17.7 Å². The van der Waals surface area contributed by atoms with Crippen LogP contribution in [-0.4, -0.2) is 35.6 Å². The standard InChI is InChI=1S/C32H39NO5Si/c1-32(2,3)39(7,8)38-26-17-14-23(15-18-26)28-20-27(35-4)21-29(30(28)36-5)31(34)33(37-6)25-16-13-22-11-9-10-12-24(22)19-25/h9,11,13-21H,10,12H2,1-8H3. The molecule has 0 unspecified atom stereocenters. The number of aryl methyl sites for hydroxylation is 1. The normalized spacial score (nSPS) is 13.0. The van der Waals surface area contributed by atoms with Crippen LogP contribution in [-0.2, 0) is 11.3 Å². The Kier molecular flexibility index (Phi) is 8.23. The third kappa shape index (κ3) is 5.89. The molecular weight excluding hydrogens is 506 g/mol. The van der Waals surface area contributed by atoms with Gasteiger partial charge in [-0.05, 0) is 84.1 Å². The van der Waals surface area contributed by atoms with E-state index in [1.807, 2.05) is 48.5 Å². The van der Waals surface area contributed by atoms with Crippen LogP contribution < -0.4 is 19.0 Å². The van der Waals surface area contributed by atoms with Gasteiger partial charge in [0.25, 0.3) is 5.91 Å². The van der Waals surface area contributed by atoms with E-state index >= 15 is 0 Å². The van der Waals surface area contributed by atoms with Crippen LogP contribution in [0, 0.1) is 0 Å². The highest BCUT2D eigenvalue weighted by Crippen LogP contribution is 2.41. The van der Waals surface area contributed by atoms with Crippen molar-refractivity contribution < 1.29 is 23.5 Å². The quantitative estimate of drug-likeness (QED) is 0.213. The number of rotatable bonds is 8. The molecule has 1 amide bonds. The number of hydrogen-bond acceptors (Lipinski definition) is 5. The van der Waals surface area contributed by atoms with Crippen LogP contribution in [0.1, 0.15) is 48.7 Å². The third-order valence-electron chi connectivity index (χ3n) is 7.68. The molecule has 0 radical (unpaired) electrons. The van der Waals surface area contributed by atoms with E-state index in [-0.39, 0.29) is 10.9 Å². The number of fused-ring (bicyclic) bond motifs is 1. The predicted molar refractivity (Wildman–Crippen MR) is 160 cm³/mol. The summed E-state index contributed by atoms with van der Waals surface area (Å²) in [4.78, 5) is 19.5. The Morgan fingerprint density at radius 2 is 1.62 bits per heavy atom. The zero-order valence-electron chi connectivity index (χ0n) is 24.3. The Morgan fingerprint density at radius 1 is 0.897 bits per heavy atom. The molecule has 0 bridgehead atoms. The molecule has 0 aromatic heterocycles. The van der Waals surface area contributed by atoms with Gasteiger partial charge < -0.3 is 13.9 Å². The van der Waals surface area contributed by atoms with E-state index in [0.29, 0.717) is 22.7 Å². The summed E-state index contributed by atoms with van der Waals surface area (Å²) in [5, 5.41) is 1.40. The fourth-order valence-corrected chi connectivity index (χ4v) is 5.46. The molecule has 0 N–H and O–H groups in total. The average Bonchev–Trinajstić information content (AvgIpc) is 2.92. The van der Waals surface area contributed by atoms with Crippen molar-refractivity contribution in [1.29, 1.82) is 0 Å². The largest absolute Gasteiger partial charge is 0.544 e. The van der Waals surface area contributed by atoms with Crippen LogP contribution in [0.4, 0.5) is 5.69 Å². The number of hydrogen-bond donors (Lipinski definition) is 0. The van der Waals surface area contributed by atoms with Crippen LogP contribution in [0.3, 0.4) is 0 Å². The second-order valence-electron chi connectivity index (χ2n) is 11.2. The number of allylic oxidation sites excluding steroid dienone is 1. The molecule has 0 atom stereocenters. The van der Waals surface area contributed by atoms with E-state index in [0.717, 1.165) is 35.3 Å². The van der Waals surface area contributed by atoms with Crippen molar-refractivity contribution in [3.8, 4) is 28.4 Å². The molecule has 1 aliphatic carbocycles. The minimum absolute atomic E-state index is 0.0962. The van der Waals surface area contributed by atoms with E-state index in [2.05, 4.69) is 46.0 Å². The molecule has 6 nitrogen and oxygen atoms in total. The first kappa shape index (κ1) is 28.5. The number of carbonyl (C=O) groups excluding carboxylic acids is 1. The molecule has 4 rings (SSSR count). The van der Waals surface area contributed by atoms with Gasteiger partial charge in [0.1, 0.15) is 17.2 Å². The van der Waals surface area contributed by atoms with E-state index < -0.39 is 8.32 Å². The van der Waals surface area contributed by atoms with Crippen LogP contribution in [0.2, 0.25) is 18.1 Å². The molecule has 0 fully saturated rings. The molecule has 1 aliphatic rings. The summed E-state index contributed by atoms with van der Waals surface area (Å²) in [6.45, 7) is 11.1. The van der Waals surface area contributed by atoms with Crippen LogP contribution in [0.15, 0.2) is 60.7 Å². The zero-order valence-corrected chi connectivity index (χ0v) is 25.3. The first-order valence-corrected chi connectivity index (χ1v) is 16.1. The van der Waals surface area contributed by atoms with Gasteiger partial charge in [-0.1, -0.05) is 51.1 Å². The van der Waals surface area contributed by atoms with Crippen molar-refractivity contribution in [1.82, 2.24) is 0 Å². The van der Waals surface area contributed by atoms with Crippen LogP contribution >= 0.6 is 0 Å². The summed E-state index contributed by atoms with van der Waals surface area (Å²) in [6.07, 6.45) is 6.18. The van der Waals surface area contributed by atoms with Gasteiger partial charge >= 0.3 is 0 Å². The number of hydroxylamine groups is 1. The van der Waals surface area contributed by atoms with Gasteiger partial charge in [0.05, 0.1) is 32.6 Å². The second kappa shape index (κ2) is 11.3.